The second kappa shape index (κ2) is 3.67. The van der Waals surface area contributed by atoms with Gasteiger partial charge in [-0.25, -0.2) is 0 Å². The van der Waals surface area contributed by atoms with Gasteiger partial charge in [-0.05, 0) is 13.3 Å². The normalized spacial score (nSPS) is 22.8. The van der Waals surface area contributed by atoms with E-state index in [0.717, 1.165) is 0 Å². The van der Waals surface area contributed by atoms with Crippen molar-refractivity contribution in [2.45, 2.75) is 25.9 Å². The number of ketones is 1. The molecular weight excluding hydrogens is 158 g/mol. The molecule has 0 spiro atoms. The third-order valence-corrected chi connectivity index (χ3v) is 1.92. The minimum atomic E-state index is -0.402. The maximum atomic E-state index is 11.2. The van der Waals surface area contributed by atoms with Gasteiger partial charge >= 0.3 is 0 Å². The molecule has 0 aromatic heterocycles. The van der Waals surface area contributed by atoms with Crippen LogP contribution in [0.2, 0.25) is 0 Å². The average Bonchev–Trinajstić information content (AvgIpc) is 2.34. The molecule has 0 aliphatic carbocycles. The maximum absolute atomic E-state index is 11.2. The molecule has 12 heavy (non-hydrogen) atoms. The molecule has 0 saturated carbocycles. The number of rotatable bonds is 2. The Morgan fingerprint density at radius 2 is 2.25 bits per heavy atom. The number of β-amino-alcohol motifs (C(OH)–C–C–N with tert-alkyl or cyclic N) is 1. The van der Waals surface area contributed by atoms with Gasteiger partial charge in [0.1, 0.15) is 5.78 Å². The Morgan fingerprint density at radius 3 is 2.67 bits per heavy atom. The summed E-state index contributed by atoms with van der Waals surface area (Å²) in [4.78, 5) is 23.3. The molecule has 1 aliphatic rings. The first kappa shape index (κ1) is 9.19. The molecule has 68 valence electrons. The summed E-state index contributed by atoms with van der Waals surface area (Å²) < 4.78 is 0. The van der Waals surface area contributed by atoms with Crippen LogP contribution in [-0.2, 0) is 9.59 Å². The van der Waals surface area contributed by atoms with E-state index in [4.69, 9.17) is 5.11 Å². The summed E-state index contributed by atoms with van der Waals surface area (Å²) in [7, 11) is 0. The number of hydrogen-bond donors (Lipinski definition) is 1. The van der Waals surface area contributed by atoms with Gasteiger partial charge in [-0.2, -0.15) is 0 Å². The van der Waals surface area contributed by atoms with Crippen LogP contribution in [0.15, 0.2) is 0 Å². The molecular formula is C8H13NO3. The number of carbonyl (C=O) groups is 2. The zero-order valence-electron chi connectivity index (χ0n) is 7.12. The van der Waals surface area contributed by atoms with Crippen LogP contribution in [0.1, 0.15) is 19.8 Å². The fraction of sp³-hybridized carbons (Fsp3) is 0.750. The molecule has 1 N–H and O–H groups in total. The Labute approximate surface area is 71.2 Å². The lowest BCUT2D eigenvalue weighted by Crippen LogP contribution is -2.30. The monoisotopic (exact) mass is 171 g/mol. The second-order valence-corrected chi connectivity index (χ2v) is 3.16. The van der Waals surface area contributed by atoms with Gasteiger partial charge in [0, 0.05) is 13.1 Å². The summed E-state index contributed by atoms with van der Waals surface area (Å²) in [6.07, 6.45) is 0.192. The largest absolute Gasteiger partial charge is 0.391 e. The van der Waals surface area contributed by atoms with Crippen LogP contribution in [0.5, 0.6) is 0 Å². The molecule has 0 bridgehead atoms. The van der Waals surface area contributed by atoms with E-state index in [1.165, 1.54) is 11.8 Å². The molecule has 1 aliphatic heterocycles. The van der Waals surface area contributed by atoms with Crippen molar-refractivity contribution in [3.8, 4) is 0 Å². The van der Waals surface area contributed by atoms with Gasteiger partial charge in [-0.3, -0.25) is 9.59 Å². The predicted molar refractivity (Wildman–Crippen MR) is 42.5 cm³/mol. The summed E-state index contributed by atoms with van der Waals surface area (Å²) in [5.41, 5.74) is 0. The minimum Gasteiger partial charge on any atom is -0.391 e. The summed E-state index contributed by atoms with van der Waals surface area (Å²) in [6, 6.07) is 0. The van der Waals surface area contributed by atoms with Crippen LogP contribution in [0.3, 0.4) is 0 Å². The van der Waals surface area contributed by atoms with E-state index in [1.807, 2.05) is 0 Å². The highest BCUT2D eigenvalue weighted by Crippen LogP contribution is 2.09. The Kier molecular flexibility index (Phi) is 2.81. The quantitative estimate of drug-likeness (QED) is 0.573. The number of aliphatic hydroxyl groups excluding tert-OH is 1. The molecule has 0 radical (unpaired) electrons. The third kappa shape index (κ3) is 2.30. The van der Waals surface area contributed by atoms with Gasteiger partial charge in [0.25, 0.3) is 0 Å². The predicted octanol–water partition coefficient (Wildman–Crippen LogP) is -0.441. The topological polar surface area (TPSA) is 57.6 Å². The molecule has 1 heterocycles. The highest BCUT2D eigenvalue weighted by molar-refractivity contribution is 5.96. The molecule has 0 unspecified atom stereocenters. The second-order valence-electron chi connectivity index (χ2n) is 3.16. The lowest BCUT2D eigenvalue weighted by molar-refractivity contribution is -0.134. The number of Topliss-reactive ketones (excluding diaryl/α,β-unsaturated/α-hetero) is 1. The molecule has 1 atom stereocenters. The number of nitrogens with zero attached hydrogens (tertiary/aromatic N) is 1. The van der Waals surface area contributed by atoms with Crippen molar-refractivity contribution in [3.05, 3.63) is 0 Å². The molecule has 1 rings (SSSR count). The first-order valence-electron chi connectivity index (χ1n) is 4.05. The van der Waals surface area contributed by atoms with Gasteiger partial charge < -0.3 is 10.0 Å². The number of carbonyl (C=O) groups excluding carboxylic acids is 2. The van der Waals surface area contributed by atoms with Crippen molar-refractivity contribution >= 4 is 11.7 Å². The van der Waals surface area contributed by atoms with Crippen molar-refractivity contribution in [3.63, 3.8) is 0 Å². The van der Waals surface area contributed by atoms with Crippen LogP contribution in [0.25, 0.3) is 0 Å². The fourth-order valence-electron chi connectivity index (χ4n) is 1.29. The fourth-order valence-corrected chi connectivity index (χ4v) is 1.29. The Balaban J connectivity index is 2.38. The average molecular weight is 171 g/mol. The third-order valence-electron chi connectivity index (χ3n) is 1.92. The van der Waals surface area contributed by atoms with Crippen LogP contribution in [-0.4, -0.2) is 40.9 Å². The highest BCUT2D eigenvalue weighted by atomic mass is 16.3. The Bertz CT molecular complexity index is 202. The summed E-state index contributed by atoms with van der Waals surface area (Å²) in [5.74, 6) is -0.291. The first-order valence-corrected chi connectivity index (χ1v) is 4.05. The lowest BCUT2D eigenvalue weighted by atomic mass is 10.3. The molecule has 0 aromatic rings. The summed E-state index contributed by atoms with van der Waals surface area (Å²) in [5, 5.41) is 9.10. The number of amides is 1. The van der Waals surface area contributed by atoms with Crippen molar-refractivity contribution in [1.29, 1.82) is 0 Å². The highest BCUT2D eigenvalue weighted by Gasteiger charge is 2.24. The number of aliphatic hydroxyl groups is 1. The molecule has 4 nitrogen and oxygen atoms in total. The van der Waals surface area contributed by atoms with E-state index in [2.05, 4.69) is 0 Å². The molecule has 1 saturated heterocycles. The van der Waals surface area contributed by atoms with Gasteiger partial charge in [-0.15, -0.1) is 0 Å². The summed E-state index contributed by atoms with van der Waals surface area (Å²) >= 11 is 0. The summed E-state index contributed by atoms with van der Waals surface area (Å²) in [6.45, 7) is 2.35. The maximum Gasteiger partial charge on any atom is 0.230 e. The van der Waals surface area contributed by atoms with Crippen LogP contribution in [0, 0.1) is 0 Å². The molecule has 4 heteroatoms. The number of hydrogen-bond acceptors (Lipinski definition) is 3. The number of likely N-dealkylation sites (tertiary alicyclic amines) is 1. The van der Waals surface area contributed by atoms with Crippen LogP contribution in [0.4, 0.5) is 0 Å². The molecule has 1 fully saturated rings. The van der Waals surface area contributed by atoms with Gasteiger partial charge in [-0.1, -0.05) is 0 Å². The van der Waals surface area contributed by atoms with E-state index in [-0.39, 0.29) is 18.1 Å². The van der Waals surface area contributed by atoms with Crippen molar-refractivity contribution in [2.24, 2.45) is 0 Å². The van der Waals surface area contributed by atoms with Crippen molar-refractivity contribution < 1.29 is 14.7 Å². The van der Waals surface area contributed by atoms with Crippen LogP contribution < -0.4 is 0 Å². The van der Waals surface area contributed by atoms with Gasteiger partial charge in [0.15, 0.2) is 0 Å². The van der Waals surface area contributed by atoms with E-state index in [0.29, 0.717) is 19.5 Å². The Hall–Kier alpha value is -0.900. The van der Waals surface area contributed by atoms with E-state index in [1.54, 1.807) is 0 Å². The SMILES string of the molecule is CC(=O)CC(=O)N1CC[C@@H](O)C1. The van der Waals surface area contributed by atoms with E-state index >= 15 is 0 Å². The first-order chi connectivity index (χ1) is 5.59. The molecule has 1 amide bonds. The lowest BCUT2D eigenvalue weighted by Gasteiger charge is -2.13. The van der Waals surface area contributed by atoms with Gasteiger partial charge in [0.2, 0.25) is 5.91 Å². The van der Waals surface area contributed by atoms with Crippen LogP contribution >= 0.6 is 0 Å². The minimum absolute atomic E-state index is 0.0350. The van der Waals surface area contributed by atoms with Crippen molar-refractivity contribution in [1.82, 2.24) is 4.90 Å². The van der Waals surface area contributed by atoms with E-state index in [9.17, 15) is 9.59 Å². The Morgan fingerprint density at radius 1 is 1.58 bits per heavy atom. The molecule has 0 aromatic carbocycles. The zero-order chi connectivity index (χ0) is 9.14. The standard InChI is InChI=1S/C8H13NO3/c1-6(10)4-8(12)9-3-2-7(11)5-9/h7,11H,2-5H2,1H3/t7-/m1/s1. The van der Waals surface area contributed by atoms with Gasteiger partial charge in [0.05, 0.1) is 12.5 Å². The van der Waals surface area contributed by atoms with Crippen molar-refractivity contribution in [2.75, 3.05) is 13.1 Å². The zero-order valence-corrected chi connectivity index (χ0v) is 7.12. The van der Waals surface area contributed by atoms with E-state index < -0.39 is 6.10 Å². The smallest absolute Gasteiger partial charge is 0.230 e.